The van der Waals surface area contributed by atoms with Crippen LogP contribution in [0.5, 0.6) is 0 Å². The van der Waals surface area contributed by atoms with Crippen molar-refractivity contribution in [3.05, 3.63) is 57.9 Å². The second kappa shape index (κ2) is 15.8. The Bertz CT molecular complexity index is 1380. The average molecular weight is 794 g/mol. The summed E-state index contributed by atoms with van der Waals surface area (Å²) < 4.78 is 41.1. The summed E-state index contributed by atoms with van der Waals surface area (Å²) in [5, 5.41) is 0.101. The Balaban J connectivity index is 1.44. The van der Waals surface area contributed by atoms with Crippen molar-refractivity contribution in [1.29, 1.82) is 0 Å². The molecular formula is C38H56INO7Si. The Morgan fingerprint density at radius 3 is 2.46 bits per heavy atom. The lowest BCUT2D eigenvalue weighted by Gasteiger charge is -2.44. The van der Waals surface area contributed by atoms with Gasteiger partial charge in [-0.3, -0.25) is 0 Å². The second-order valence-electron chi connectivity index (χ2n) is 15.9. The molecule has 0 spiro atoms. The molecule has 0 saturated carbocycles. The standard InChI is InChI=1S/C38H56INO7Si/c1-23-16-27-12-10-15-35(41)46-37-25(3)32(45-36(26(37)4)24(2)21-39)13-11-14-34-40-31(22-42-34)33-20-30(47-48(8,9)38(5,6)7)19-29(44-33)18-28(17-23)43-27/h10-11,14-15,21-22,25-30,32-33,36-37H,1,12-13,16-20H2,2-9H3/b14-11+,15-10+,24-21+/t25-,26-,27-,28+,29+,30+,32+,33+,36-,37-/m0/s1. The maximum absolute atomic E-state index is 13.2. The minimum atomic E-state index is -2.02. The van der Waals surface area contributed by atoms with Crippen LogP contribution in [0, 0.1) is 11.8 Å². The van der Waals surface area contributed by atoms with Gasteiger partial charge in [0.25, 0.3) is 0 Å². The van der Waals surface area contributed by atoms with Crippen LogP contribution in [0.3, 0.4) is 0 Å². The molecule has 3 saturated heterocycles. The maximum Gasteiger partial charge on any atom is 0.330 e. The molecule has 0 N–H and O–H groups in total. The first-order valence-corrected chi connectivity index (χ1v) is 21.9. The number of hydrogen-bond acceptors (Lipinski definition) is 8. The molecule has 0 unspecified atom stereocenters. The van der Waals surface area contributed by atoms with Gasteiger partial charge in [0.05, 0.1) is 36.6 Å². The number of aromatic nitrogens is 1. The molecule has 5 heterocycles. The molecule has 3 fully saturated rings. The summed E-state index contributed by atoms with van der Waals surface area (Å²) in [7, 11) is -2.02. The van der Waals surface area contributed by atoms with Crippen molar-refractivity contribution in [3.8, 4) is 0 Å². The van der Waals surface area contributed by atoms with Crippen LogP contribution in [-0.4, -0.2) is 62.0 Å². The number of carbonyl (C=O) groups is 1. The van der Waals surface area contributed by atoms with Crippen molar-refractivity contribution in [2.75, 3.05) is 0 Å². The van der Waals surface area contributed by atoms with Crippen molar-refractivity contribution in [1.82, 2.24) is 4.98 Å². The third-order valence-electron chi connectivity index (χ3n) is 11.0. The Hall–Kier alpha value is -1.57. The maximum atomic E-state index is 13.2. The van der Waals surface area contributed by atoms with Gasteiger partial charge in [0.2, 0.25) is 5.89 Å². The summed E-state index contributed by atoms with van der Waals surface area (Å²) in [6, 6.07) is 0. The van der Waals surface area contributed by atoms with Crippen LogP contribution >= 0.6 is 22.6 Å². The van der Waals surface area contributed by atoms with Gasteiger partial charge < -0.3 is 27.8 Å². The molecule has 10 atom stereocenters. The van der Waals surface area contributed by atoms with E-state index in [-0.39, 0.29) is 71.7 Å². The van der Waals surface area contributed by atoms with E-state index in [9.17, 15) is 4.79 Å². The van der Waals surface area contributed by atoms with Crippen LogP contribution in [0.2, 0.25) is 18.1 Å². The van der Waals surface area contributed by atoms with Crippen molar-refractivity contribution in [2.45, 2.75) is 153 Å². The van der Waals surface area contributed by atoms with Crippen LogP contribution < -0.4 is 0 Å². The van der Waals surface area contributed by atoms with E-state index in [2.05, 4.69) is 83.8 Å². The predicted octanol–water partition coefficient (Wildman–Crippen LogP) is 9.43. The van der Waals surface area contributed by atoms with Crippen LogP contribution in [-0.2, 0) is 28.2 Å². The molecule has 5 rings (SSSR count). The number of ether oxygens (including phenoxy) is 4. The van der Waals surface area contributed by atoms with Crippen LogP contribution in [0.4, 0.5) is 0 Å². The summed E-state index contributed by atoms with van der Waals surface area (Å²) in [6.07, 6.45) is 13.3. The first kappa shape index (κ1) is 37.7. The minimum absolute atomic E-state index is 0.00839. The normalized spacial score (nSPS) is 37.2. The third-order valence-corrected chi connectivity index (χ3v) is 16.5. The van der Waals surface area contributed by atoms with Gasteiger partial charge in [0.15, 0.2) is 8.32 Å². The smallest absolute Gasteiger partial charge is 0.330 e. The monoisotopic (exact) mass is 793 g/mol. The molecule has 10 heteroatoms. The third kappa shape index (κ3) is 9.20. The molecule has 266 valence electrons. The number of rotatable bonds is 3. The van der Waals surface area contributed by atoms with Gasteiger partial charge in [-0.2, -0.15) is 0 Å². The lowest BCUT2D eigenvalue weighted by atomic mass is 9.80. The van der Waals surface area contributed by atoms with Gasteiger partial charge in [0.1, 0.15) is 24.2 Å². The summed E-state index contributed by atoms with van der Waals surface area (Å²) >= 11 is 2.25. The Labute approximate surface area is 302 Å². The SMILES string of the molecule is C=C1C[C@@H]2C[C@@H]3C[C@@H](O[Si](C)(C)C(C)(C)C)C[C@@H](O3)c3coc(n3)/C=C/C[C@H]3O[C@@H](/C(C)=C/I)[C@H](C)[C@@H](OC(=O)/C=C/C[C@@H](C1)O2)[C@H]3C. The van der Waals surface area contributed by atoms with E-state index in [1.165, 1.54) is 5.57 Å². The molecule has 4 aliphatic heterocycles. The number of carbonyl (C=O) groups excluding carboxylic acids is 1. The second-order valence-corrected chi connectivity index (χ2v) is 21.3. The molecular weight excluding hydrogens is 737 g/mol. The molecule has 8 nitrogen and oxygen atoms in total. The van der Waals surface area contributed by atoms with E-state index in [0.717, 1.165) is 43.4 Å². The Morgan fingerprint density at radius 2 is 1.73 bits per heavy atom. The topological polar surface area (TPSA) is 89.3 Å². The Morgan fingerprint density at radius 1 is 1.00 bits per heavy atom. The van der Waals surface area contributed by atoms with E-state index in [4.69, 9.17) is 32.8 Å². The fourth-order valence-corrected chi connectivity index (χ4v) is 9.09. The highest BCUT2D eigenvalue weighted by Crippen LogP contribution is 2.43. The van der Waals surface area contributed by atoms with Crippen molar-refractivity contribution < 1.29 is 32.6 Å². The molecule has 1 aromatic heterocycles. The lowest BCUT2D eigenvalue weighted by molar-refractivity contribution is -0.180. The number of fused-ring (bicyclic) bond motifs is 9. The quantitative estimate of drug-likeness (QED) is 0.130. The first-order chi connectivity index (χ1) is 22.6. The highest BCUT2D eigenvalue weighted by Gasteiger charge is 2.45. The van der Waals surface area contributed by atoms with Crippen molar-refractivity contribution >= 4 is 43.0 Å². The van der Waals surface area contributed by atoms with Gasteiger partial charge in [-0.25, -0.2) is 9.78 Å². The zero-order valence-electron chi connectivity index (χ0n) is 30.1. The van der Waals surface area contributed by atoms with Crippen molar-refractivity contribution in [3.63, 3.8) is 0 Å². The summed E-state index contributed by atoms with van der Waals surface area (Å²) in [5.74, 6) is 0.200. The molecule has 0 amide bonds. The first-order valence-electron chi connectivity index (χ1n) is 17.7. The fraction of sp³-hybridized carbons (Fsp3) is 0.684. The van der Waals surface area contributed by atoms with E-state index < -0.39 is 8.32 Å². The number of nitrogens with zero attached hydrogens (tertiary/aromatic N) is 1. The van der Waals surface area contributed by atoms with Gasteiger partial charge in [-0.15, -0.1) is 0 Å². The van der Waals surface area contributed by atoms with Crippen LogP contribution in [0.15, 0.2) is 50.7 Å². The van der Waals surface area contributed by atoms with Crippen molar-refractivity contribution in [2.24, 2.45) is 11.8 Å². The van der Waals surface area contributed by atoms with Gasteiger partial charge in [0, 0.05) is 30.8 Å². The lowest BCUT2D eigenvalue weighted by Crippen LogP contribution is -2.50. The molecule has 48 heavy (non-hydrogen) atoms. The largest absolute Gasteiger partial charge is 0.458 e. The highest BCUT2D eigenvalue weighted by atomic mass is 127. The molecule has 8 bridgehead atoms. The van der Waals surface area contributed by atoms with E-state index >= 15 is 0 Å². The number of oxazole rings is 1. The number of hydrogen-bond donors (Lipinski definition) is 0. The summed E-state index contributed by atoms with van der Waals surface area (Å²) in [4.78, 5) is 18.0. The van der Waals surface area contributed by atoms with E-state index in [1.807, 2.05) is 22.3 Å². The Kier molecular flexibility index (Phi) is 12.4. The van der Waals surface area contributed by atoms with Gasteiger partial charge >= 0.3 is 5.97 Å². The predicted molar refractivity (Wildman–Crippen MR) is 199 cm³/mol. The summed E-state index contributed by atoms with van der Waals surface area (Å²) in [6.45, 7) is 22.1. The molecule has 0 radical (unpaired) electrons. The van der Waals surface area contributed by atoms with E-state index in [0.29, 0.717) is 18.7 Å². The van der Waals surface area contributed by atoms with Gasteiger partial charge in [-0.1, -0.05) is 81.5 Å². The summed E-state index contributed by atoms with van der Waals surface area (Å²) in [5.41, 5.74) is 3.08. The molecule has 4 aliphatic rings. The number of esters is 1. The molecule has 0 aromatic carbocycles. The zero-order valence-corrected chi connectivity index (χ0v) is 33.2. The van der Waals surface area contributed by atoms with Gasteiger partial charge in [-0.05, 0) is 72.9 Å². The minimum Gasteiger partial charge on any atom is -0.458 e. The molecule has 0 aliphatic carbocycles. The average Bonchev–Trinajstić information content (AvgIpc) is 3.47. The zero-order chi connectivity index (χ0) is 34.8. The van der Waals surface area contributed by atoms with Crippen LogP contribution in [0.25, 0.3) is 6.08 Å². The van der Waals surface area contributed by atoms with E-state index in [1.54, 1.807) is 12.3 Å². The highest BCUT2D eigenvalue weighted by molar-refractivity contribution is 14.1. The number of halogens is 1. The van der Waals surface area contributed by atoms with Crippen LogP contribution in [0.1, 0.15) is 104 Å². The molecule has 1 aromatic rings. The fourth-order valence-electron chi connectivity index (χ4n) is 7.36.